The summed E-state index contributed by atoms with van der Waals surface area (Å²) in [5.41, 5.74) is 2.76. The number of hydrogen-bond acceptors (Lipinski definition) is 4. The zero-order valence-corrected chi connectivity index (χ0v) is 26.6. The van der Waals surface area contributed by atoms with Crippen LogP contribution in [0.5, 0.6) is 0 Å². The molecule has 0 heterocycles. The molecule has 0 bridgehead atoms. The lowest BCUT2D eigenvalue weighted by atomic mass is 10.1. The fraction of sp³-hybridized carbons (Fsp3) is 0.355. The van der Waals surface area contributed by atoms with Gasteiger partial charge in [-0.2, -0.15) is 0 Å². The third-order valence-electron chi connectivity index (χ3n) is 7.44. The molecule has 1 N–H and O–H groups in total. The Morgan fingerprint density at radius 3 is 2.34 bits per heavy atom. The molecule has 0 spiro atoms. The summed E-state index contributed by atoms with van der Waals surface area (Å²) in [4.78, 5) is 28.9. The monoisotopic (exact) mass is 659 g/mol. The lowest BCUT2D eigenvalue weighted by Gasteiger charge is -2.32. The fourth-order valence-corrected chi connectivity index (χ4v) is 6.94. The predicted molar refractivity (Wildman–Crippen MR) is 166 cm³/mol. The summed E-state index contributed by atoms with van der Waals surface area (Å²) in [6.07, 6.45) is 3.94. The van der Waals surface area contributed by atoms with Crippen LogP contribution < -0.4 is 9.62 Å². The molecule has 10 heteroatoms. The second-order valence-corrected chi connectivity index (χ2v) is 13.8. The molecule has 0 radical (unpaired) electrons. The molecule has 1 aliphatic carbocycles. The Morgan fingerprint density at radius 2 is 1.71 bits per heavy atom. The molecule has 3 aromatic rings. The topological polar surface area (TPSA) is 86.8 Å². The van der Waals surface area contributed by atoms with Crippen molar-refractivity contribution in [2.45, 2.75) is 70.0 Å². The van der Waals surface area contributed by atoms with Crippen LogP contribution >= 0.6 is 27.5 Å². The van der Waals surface area contributed by atoms with Gasteiger partial charge in [0, 0.05) is 22.1 Å². The van der Waals surface area contributed by atoms with E-state index in [0.717, 1.165) is 51.2 Å². The van der Waals surface area contributed by atoms with Gasteiger partial charge in [0.1, 0.15) is 12.6 Å². The number of nitrogens with zero attached hydrogens (tertiary/aromatic N) is 2. The van der Waals surface area contributed by atoms with E-state index >= 15 is 0 Å². The van der Waals surface area contributed by atoms with E-state index < -0.39 is 28.5 Å². The van der Waals surface area contributed by atoms with Crippen molar-refractivity contribution in [1.29, 1.82) is 0 Å². The number of aryl methyl sites for hydroxylation is 2. The fourth-order valence-electron chi connectivity index (χ4n) is 4.91. The van der Waals surface area contributed by atoms with Crippen LogP contribution in [0.15, 0.2) is 76.1 Å². The summed E-state index contributed by atoms with van der Waals surface area (Å²) >= 11 is 9.87. The molecule has 218 valence electrons. The SMILES string of the molecule is Cc1ccc(S(=O)(=O)N(CC(=O)N(Cc2cccc(Br)c2)[C@H](C)C(=O)NC2CCCC2)c2ccc(C)c(Cl)c2)cc1. The highest BCUT2D eigenvalue weighted by atomic mass is 79.9. The smallest absolute Gasteiger partial charge is 0.264 e. The van der Waals surface area contributed by atoms with Crippen LogP contribution in [-0.2, 0) is 26.2 Å². The molecule has 7 nitrogen and oxygen atoms in total. The third-order valence-corrected chi connectivity index (χ3v) is 10.1. The van der Waals surface area contributed by atoms with Crippen molar-refractivity contribution < 1.29 is 18.0 Å². The van der Waals surface area contributed by atoms with Crippen molar-refractivity contribution in [2.75, 3.05) is 10.8 Å². The molecule has 0 saturated heterocycles. The molecule has 0 aromatic heterocycles. The molecule has 0 aliphatic heterocycles. The Bertz CT molecular complexity index is 1510. The summed E-state index contributed by atoms with van der Waals surface area (Å²) in [5, 5.41) is 3.46. The maximum absolute atomic E-state index is 14.1. The van der Waals surface area contributed by atoms with Crippen LogP contribution in [0.2, 0.25) is 5.02 Å². The number of carbonyl (C=O) groups excluding carboxylic acids is 2. The maximum Gasteiger partial charge on any atom is 0.264 e. The van der Waals surface area contributed by atoms with Crippen LogP contribution in [0, 0.1) is 13.8 Å². The van der Waals surface area contributed by atoms with Crippen LogP contribution in [-0.4, -0.2) is 43.8 Å². The Kier molecular flexibility index (Phi) is 10.2. The van der Waals surface area contributed by atoms with E-state index in [9.17, 15) is 18.0 Å². The van der Waals surface area contributed by atoms with Crippen molar-refractivity contribution in [2.24, 2.45) is 0 Å². The highest BCUT2D eigenvalue weighted by Gasteiger charge is 2.33. The van der Waals surface area contributed by atoms with Crippen LogP contribution in [0.1, 0.15) is 49.3 Å². The first-order valence-corrected chi connectivity index (χ1v) is 16.3. The third kappa shape index (κ3) is 7.70. The number of halogens is 2. The van der Waals surface area contributed by atoms with Gasteiger partial charge in [-0.3, -0.25) is 13.9 Å². The summed E-state index contributed by atoms with van der Waals surface area (Å²) < 4.78 is 29.8. The Balaban J connectivity index is 1.70. The highest BCUT2D eigenvalue weighted by molar-refractivity contribution is 9.10. The van der Waals surface area contributed by atoms with Crippen molar-refractivity contribution in [1.82, 2.24) is 10.2 Å². The lowest BCUT2D eigenvalue weighted by molar-refractivity contribution is -0.139. The molecule has 1 atom stereocenters. The second kappa shape index (κ2) is 13.4. The van der Waals surface area contributed by atoms with Gasteiger partial charge in [-0.15, -0.1) is 0 Å². The van der Waals surface area contributed by atoms with Gasteiger partial charge in [0.25, 0.3) is 10.0 Å². The largest absolute Gasteiger partial charge is 0.352 e. The number of nitrogens with one attached hydrogen (secondary N) is 1. The van der Waals surface area contributed by atoms with Crippen molar-refractivity contribution >= 4 is 55.1 Å². The highest BCUT2D eigenvalue weighted by Crippen LogP contribution is 2.29. The van der Waals surface area contributed by atoms with E-state index in [4.69, 9.17) is 11.6 Å². The molecular weight excluding hydrogens is 626 g/mol. The van der Waals surface area contributed by atoms with Gasteiger partial charge in [-0.25, -0.2) is 8.42 Å². The zero-order chi connectivity index (χ0) is 29.7. The molecule has 0 unspecified atom stereocenters. The average Bonchev–Trinajstić information content (AvgIpc) is 3.44. The number of amides is 2. The van der Waals surface area contributed by atoms with Gasteiger partial charge < -0.3 is 10.2 Å². The van der Waals surface area contributed by atoms with Crippen molar-refractivity contribution in [3.8, 4) is 0 Å². The first kappa shape index (κ1) is 31.1. The number of rotatable bonds is 10. The van der Waals surface area contributed by atoms with Crippen LogP contribution in [0.3, 0.4) is 0 Å². The van der Waals surface area contributed by atoms with E-state index in [2.05, 4.69) is 21.2 Å². The van der Waals surface area contributed by atoms with E-state index in [1.165, 1.54) is 17.0 Å². The molecule has 4 rings (SSSR count). The van der Waals surface area contributed by atoms with E-state index in [-0.39, 0.29) is 29.1 Å². The van der Waals surface area contributed by atoms with Crippen LogP contribution in [0.25, 0.3) is 0 Å². The molecule has 41 heavy (non-hydrogen) atoms. The summed E-state index contributed by atoms with van der Waals surface area (Å²) in [5.74, 6) is -0.766. The second-order valence-electron chi connectivity index (χ2n) is 10.6. The Labute approximate surface area is 256 Å². The van der Waals surface area contributed by atoms with Gasteiger partial charge in [-0.1, -0.05) is 76.3 Å². The number of sulfonamides is 1. The number of hydrogen-bond donors (Lipinski definition) is 1. The summed E-state index contributed by atoms with van der Waals surface area (Å²) in [6.45, 7) is 4.99. The van der Waals surface area contributed by atoms with Gasteiger partial charge in [0.15, 0.2) is 0 Å². The van der Waals surface area contributed by atoms with Crippen LogP contribution in [0.4, 0.5) is 5.69 Å². The Hall–Kier alpha value is -2.88. The van der Waals surface area contributed by atoms with E-state index in [1.54, 1.807) is 37.3 Å². The maximum atomic E-state index is 14.1. The molecule has 3 aromatic carbocycles. The number of benzene rings is 3. The standard InChI is InChI=1S/C31H35BrClN3O4S/c1-21-11-15-28(16-12-21)41(39,40)36(27-14-13-22(2)29(33)18-27)20-30(37)35(19-24-7-6-8-25(32)17-24)23(3)31(38)34-26-9-4-5-10-26/h6-8,11-18,23,26H,4-5,9-10,19-20H2,1-3H3,(H,34,38)/t23-/m1/s1. The zero-order valence-electron chi connectivity index (χ0n) is 23.4. The quantitative estimate of drug-likeness (QED) is 0.273. The molecule has 1 aliphatic rings. The summed E-state index contributed by atoms with van der Waals surface area (Å²) in [6, 6.07) is 18.1. The average molecular weight is 661 g/mol. The van der Waals surface area contributed by atoms with Crippen molar-refractivity contribution in [3.63, 3.8) is 0 Å². The van der Waals surface area contributed by atoms with Gasteiger partial charge in [0.2, 0.25) is 11.8 Å². The normalized spacial score (nSPS) is 14.5. The minimum Gasteiger partial charge on any atom is -0.352 e. The minimum absolute atomic E-state index is 0.0539. The first-order valence-electron chi connectivity index (χ1n) is 13.7. The number of carbonyl (C=O) groups is 2. The molecular formula is C31H35BrClN3O4S. The van der Waals surface area contributed by atoms with Gasteiger partial charge in [0.05, 0.1) is 10.6 Å². The predicted octanol–water partition coefficient (Wildman–Crippen LogP) is 6.39. The van der Waals surface area contributed by atoms with Gasteiger partial charge in [-0.05, 0) is 81.1 Å². The minimum atomic E-state index is -4.15. The molecule has 2 amide bonds. The Morgan fingerprint density at radius 1 is 1.02 bits per heavy atom. The molecule has 1 saturated carbocycles. The number of anilines is 1. The van der Waals surface area contributed by atoms with E-state index in [1.807, 2.05) is 38.1 Å². The first-order chi connectivity index (χ1) is 19.5. The van der Waals surface area contributed by atoms with E-state index in [0.29, 0.717) is 5.02 Å². The summed E-state index contributed by atoms with van der Waals surface area (Å²) in [7, 11) is -4.15. The van der Waals surface area contributed by atoms with Crippen molar-refractivity contribution in [3.05, 3.63) is 92.9 Å². The lowest BCUT2D eigenvalue weighted by Crippen LogP contribution is -2.52. The van der Waals surface area contributed by atoms with Gasteiger partial charge >= 0.3 is 0 Å². The molecule has 1 fully saturated rings.